The molecule has 1 unspecified atom stereocenters. The van der Waals surface area contributed by atoms with Crippen molar-refractivity contribution in [2.45, 2.75) is 44.6 Å². The monoisotopic (exact) mass is 430 g/mol. The maximum atomic E-state index is 6.51. The van der Waals surface area contributed by atoms with E-state index < -0.39 is 5.60 Å². The molecule has 1 aromatic heterocycles. The summed E-state index contributed by atoms with van der Waals surface area (Å²) in [6.45, 7) is 2.39. The minimum atomic E-state index is -0.458. The fourth-order valence-corrected chi connectivity index (χ4v) is 4.41. The van der Waals surface area contributed by atoms with Crippen LogP contribution in [0.1, 0.15) is 38.0 Å². The highest BCUT2D eigenvalue weighted by molar-refractivity contribution is 5.81. The Labute approximate surface area is 187 Å². The summed E-state index contributed by atoms with van der Waals surface area (Å²) in [6, 6.07) is 15.3. The van der Waals surface area contributed by atoms with Gasteiger partial charge in [0.05, 0.1) is 12.8 Å². The van der Waals surface area contributed by atoms with Crippen LogP contribution >= 0.6 is 0 Å². The van der Waals surface area contributed by atoms with Gasteiger partial charge in [0.25, 0.3) is 0 Å². The minimum Gasteiger partial charge on any atom is -0.479 e. The summed E-state index contributed by atoms with van der Waals surface area (Å²) in [6.07, 6.45) is 9.66. The maximum absolute atomic E-state index is 6.51. The van der Waals surface area contributed by atoms with Crippen molar-refractivity contribution in [1.29, 1.82) is 0 Å². The van der Waals surface area contributed by atoms with Gasteiger partial charge in [-0.1, -0.05) is 19.3 Å². The first-order chi connectivity index (χ1) is 15.7. The van der Waals surface area contributed by atoms with Crippen LogP contribution in [0.15, 0.2) is 62.9 Å². The Morgan fingerprint density at radius 2 is 1.56 bits per heavy atom. The second kappa shape index (κ2) is 8.94. The van der Waals surface area contributed by atoms with Crippen molar-refractivity contribution in [3.63, 3.8) is 0 Å². The molecule has 1 aliphatic carbocycles. The molecule has 0 N–H and O–H groups in total. The lowest BCUT2D eigenvalue weighted by molar-refractivity contribution is 0.0648. The summed E-state index contributed by atoms with van der Waals surface area (Å²) >= 11 is 0. The van der Waals surface area contributed by atoms with Crippen LogP contribution in [0.25, 0.3) is 11.5 Å². The summed E-state index contributed by atoms with van der Waals surface area (Å²) in [4.78, 5) is 8.74. The van der Waals surface area contributed by atoms with E-state index >= 15 is 0 Å². The van der Waals surface area contributed by atoms with Crippen LogP contribution in [-0.2, 0) is 0 Å². The van der Waals surface area contributed by atoms with Crippen molar-refractivity contribution in [1.82, 2.24) is 10.2 Å². The van der Waals surface area contributed by atoms with Crippen molar-refractivity contribution in [2.75, 3.05) is 6.54 Å². The summed E-state index contributed by atoms with van der Waals surface area (Å²) in [5.74, 6) is 3.74. The number of aromatic nitrogens is 2. The average molecular weight is 431 g/mol. The molecule has 3 aromatic rings. The number of hydrogen-bond acceptors (Lipinski definition) is 7. The van der Waals surface area contributed by atoms with Crippen LogP contribution in [0.4, 0.5) is 0 Å². The summed E-state index contributed by atoms with van der Waals surface area (Å²) in [5, 5.41) is 7.90. The zero-order valence-electron chi connectivity index (χ0n) is 18.1. The van der Waals surface area contributed by atoms with Gasteiger partial charge in [-0.15, -0.1) is 10.2 Å². The van der Waals surface area contributed by atoms with Gasteiger partial charge in [-0.3, -0.25) is 4.99 Å². The molecule has 32 heavy (non-hydrogen) atoms. The van der Waals surface area contributed by atoms with Crippen molar-refractivity contribution < 1.29 is 13.9 Å². The first-order valence-corrected chi connectivity index (χ1v) is 11.1. The molecule has 2 aliphatic rings. The van der Waals surface area contributed by atoms with Crippen LogP contribution in [0.5, 0.6) is 17.2 Å². The molecule has 0 saturated heterocycles. The van der Waals surface area contributed by atoms with E-state index in [1.807, 2.05) is 54.7 Å². The fraction of sp³-hybridized carbons (Fsp3) is 0.360. The predicted molar refractivity (Wildman–Crippen MR) is 123 cm³/mol. The molecular formula is C25H26N4O3. The molecule has 2 heterocycles. The summed E-state index contributed by atoms with van der Waals surface area (Å²) in [5.41, 5.74) is 0.395. The standard InChI is InChI=1S/C25H26N4O3/c1-18-28-29-24(30-18)19-7-9-21(10-8-19)31-22-11-13-23(14-12-22)32-25(15-26-17-27-16-25)20-5-3-2-4-6-20/h7-15,17,20H,2-6,16H2,1H3. The van der Waals surface area contributed by atoms with Gasteiger partial charge in [0, 0.05) is 18.4 Å². The van der Waals surface area contributed by atoms with E-state index in [2.05, 4.69) is 20.2 Å². The van der Waals surface area contributed by atoms with E-state index in [0.717, 1.165) is 35.7 Å². The Hall–Kier alpha value is -3.48. The van der Waals surface area contributed by atoms with Crippen LogP contribution in [0.2, 0.25) is 0 Å². The molecule has 1 aliphatic heterocycles. The Morgan fingerprint density at radius 3 is 2.19 bits per heavy atom. The van der Waals surface area contributed by atoms with Gasteiger partial charge in [0.15, 0.2) is 5.60 Å². The summed E-state index contributed by atoms with van der Waals surface area (Å²) in [7, 11) is 0. The van der Waals surface area contributed by atoms with Gasteiger partial charge in [0.1, 0.15) is 23.6 Å². The van der Waals surface area contributed by atoms with Gasteiger partial charge in [0.2, 0.25) is 11.8 Å². The third-order valence-corrected chi connectivity index (χ3v) is 6.07. The number of aliphatic imine (C=N–C) groups is 2. The molecule has 164 valence electrons. The fourth-order valence-electron chi connectivity index (χ4n) is 4.41. The van der Waals surface area contributed by atoms with Crippen LogP contribution in [0, 0.1) is 12.8 Å². The molecule has 0 amide bonds. The Balaban J connectivity index is 1.26. The molecule has 1 fully saturated rings. The number of nitrogens with zero attached hydrogens (tertiary/aromatic N) is 4. The van der Waals surface area contributed by atoms with Gasteiger partial charge >= 0.3 is 0 Å². The highest BCUT2D eigenvalue weighted by atomic mass is 16.5. The second-order valence-electron chi connectivity index (χ2n) is 8.35. The van der Waals surface area contributed by atoms with Crippen molar-refractivity contribution in [2.24, 2.45) is 15.9 Å². The van der Waals surface area contributed by atoms with Gasteiger partial charge in [-0.2, -0.15) is 0 Å². The first-order valence-electron chi connectivity index (χ1n) is 11.1. The first kappa shape index (κ1) is 20.4. The molecule has 5 rings (SSSR count). The lowest BCUT2D eigenvalue weighted by Gasteiger charge is -2.39. The topological polar surface area (TPSA) is 82.1 Å². The van der Waals surface area contributed by atoms with E-state index in [1.165, 1.54) is 19.3 Å². The zero-order chi connectivity index (χ0) is 21.8. The van der Waals surface area contributed by atoms with E-state index in [-0.39, 0.29) is 0 Å². The molecule has 2 aromatic carbocycles. The number of benzene rings is 2. The molecule has 0 radical (unpaired) electrons. The number of hydrogen-bond donors (Lipinski definition) is 0. The van der Waals surface area contributed by atoms with Crippen LogP contribution < -0.4 is 9.47 Å². The molecule has 7 heteroatoms. The SMILES string of the molecule is Cc1nnc(-c2ccc(Oc3ccc(OC4(C5CCCCC5)C=NC=NC4)cc3)cc2)o1. The third-order valence-electron chi connectivity index (χ3n) is 6.07. The number of rotatable bonds is 6. The van der Waals surface area contributed by atoms with Gasteiger partial charge in [-0.05, 0) is 61.4 Å². The van der Waals surface area contributed by atoms with Crippen LogP contribution in [0.3, 0.4) is 0 Å². The molecule has 1 atom stereocenters. The van der Waals surface area contributed by atoms with Crippen molar-refractivity contribution in [3.05, 3.63) is 54.4 Å². The molecule has 7 nitrogen and oxygen atoms in total. The largest absolute Gasteiger partial charge is 0.479 e. The normalized spacial score (nSPS) is 20.9. The maximum Gasteiger partial charge on any atom is 0.247 e. The smallest absolute Gasteiger partial charge is 0.247 e. The van der Waals surface area contributed by atoms with Gasteiger partial charge in [-0.25, -0.2) is 4.99 Å². The van der Waals surface area contributed by atoms with E-state index in [0.29, 0.717) is 24.2 Å². The van der Waals surface area contributed by atoms with E-state index in [9.17, 15) is 0 Å². The van der Waals surface area contributed by atoms with Crippen molar-refractivity contribution >= 4 is 12.6 Å². The lowest BCUT2D eigenvalue weighted by Crippen LogP contribution is -2.50. The zero-order valence-corrected chi connectivity index (χ0v) is 18.1. The van der Waals surface area contributed by atoms with Crippen molar-refractivity contribution in [3.8, 4) is 28.7 Å². The van der Waals surface area contributed by atoms with Crippen LogP contribution in [-0.4, -0.2) is 34.9 Å². The number of aryl methyl sites for hydroxylation is 1. The highest BCUT2D eigenvalue weighted by Crippen LogP contribution is 2.37. The van der Waals surface area contributed by atoms with E-state index in [4.69, 9.17) is 13.9 Å². The Bertz CT molecular complexity index is 1100. The second-order valence-corrected chi connectivity index (χ2v) is 8.35. The average Bonchev–Trinajstić information content (AvgIpc) is 3.28. The quantitative estimate of drug-likeness (QED) is 0.505. The highest BCUT2D eigenvalue weighted by Gasteiger charge is 2.41. The third kappa shape index (κ3) is 4.42. The lowest BCUT2D eigenvalue weighted by atomic mass is 9.77. The molecule has 1 saturated carbocycles. The summed E-state index contributed by atoms with van der Waals surface area (Å²) < 4.78 is 18.0. The molecule has 0 bridgehead atoms. The Kier molecular flexibility index (Phi) is 5.71. The molecular weight excluding hydrogens is 404 g/mol. The minimum absolute atomic E-state index is 0.439. The van der Waals surface area contributed by atoms with E-state index in [1.54, 1.807) is 13.3 Å². The number of ether oxygens (including phenoxy) is 2. The predicted octanol–water partition coefficient (Wildman–Crippen LogP) is 5.65. The molecule has 0 spiro atoms. The van der Waals surface area contributed by atoms with Gasteiger partial charge < -0.3 is 13.9 Å². The Morgan fingerprint density at radius 1 is 0.875 bits per heavy atom.